The lowest BCUT2D eigenvalue weighted by Crippen LogP contribution is -2.04. The van der Waals surface area contributed by atoms with Crippen LogP contribution < -0.4 is 0 Å². The van der Waals surface area contributed by atoms with Gasteiger partial charge in [0.15, 0.2) is 0 Å². The minimum atomic E-state index is 0.0227. The van der Waals surface area contributed by atoms with Gasteiger partial charge in [-0.2, -0.15) is 0 Å². The first-order valence-electron chi connectivity index (χ1n) is 3.45. The third kappa shape index (κ3) is 4.32. The number of hydrogen-bond donors (Lipinski definition) is 1. The third-order valence-corrected chi connectivity index (χ3v) is 1.23. The van der Waals surface area contributed by atoms with Gasteiger partial charge in [-0.25, -0.2) is 0 Å². The molecular formula is C7H15NO2. The van der Waals surface area contributed by atoms with Crippen LogP contribution in [-0.4, -0.2) is 24.0 Å². The van der Waals surface area contributed by atoms with Gasteiger partial charge in [0.2, 0.25) is 0 Å². The van der Waals surface area contributed by atoms with Gasteiger partial charge >= 0.3 is 0 Å². The van der Waals surface area contributed by atoms with Gasteiger partial charge in [-0.3, -0.25) is 0 Å². The second-order valence-corrected chi connectivity index (χ2v) is 2.44. The Kier molecular flexibility index (Phi) is 4.94. The average Bonchev–Trinajstić information content (AvgIpc) is 1.88. The lowest BCUT2D eigenvalue weighted by molar-refractivity contribution is 0.0976. The van der Waals surface area contributed by atoms with E-state index in [2.05, 4.69) is 5.16 Å². The maximum absolute atomic E-state index is 8.32. The van der Waals surface area contributed by atoms with Gasteiger partial charge in [0, 0.05) is 0 Å². The van der Waals surface area contributed by atoms with Crippen molar-refractivity contribution >= 4 is 5.71 Å². The molecule has 0 spiro atoms. The highest BCUT2D eigenvalue weighted by Gasteiger charge is 1.96. The van der Waals surface area contributed by atoms with Crippen molar-refractivity contribution in [3.8, 4) is 0 Å². The molecule has 0 aliphatic rings. The molecule has 0 radical (unpaired) electrons. The number of nitrogens with zero attached hydrogens (tertiary/aromatic N) is 1. The largest absolute Gasteiger partial charge is 0.393 e. The Balaban J connectivity index is 3.48. The molecule has 0 saturated heterocycles. The van der Waals surface area contributed by atoms with E-state index < -0.39 is 0 Å². The van der Waals surface area contributed by atoms with E-state index in [1.54, 1.807) is 0 Å². The summed E-state index contributed by atoms with van der Waals surface area (Å²) in [7, 11) is 0. The summed E-state index contributed by atoms with van der Waals surface area (Å²) in [6.45, 7) is 6.29. The highest BCUT2D eigenvalue weighted by atomic mass is 16.6. The van der Waals surface area contributed by atoms with Crippen LogP contribution in [0, 0.1) is 5.92 Å². The van der Waals surface area contributed by atoms with Gasteiger partial charge in [-0.1, -0.05) is 19.0 Å². The van der Waals surface area contributed by atoms with Crippen molar-refractivity contribution in [1.29, 1.82) is 0 Å². The van der Waals surface area contributed by atoms with E-state index in [9.17, 15) is 0 Å². The smallest absolute Gasteiger partial charge is 0.140 e. The minimum Gasteiger partial charge on any atom is -0.393 e. The zero-order valence-corrected chi connectivity index (χ0v) is 6.79. The van der Waals surface area contributed by atoms with Gasteiger partial charge in [0.25, 0.3) is 0 Å². The Morgan fingerprint density at radius 3 is 2.60 bits per heavy atom. The first kappa shape index (κ1) is 9.43. The van der Waals surface area contributed by atoms with E-state index >= 15 is 0 Å². The van der Waals surface area contributed by atoms with E-state index in [0.29, 0.717) is 5.92 Å². The Morgan fingerprint density at radius 2 is 2.20 bits per heavy atom. The van der Waals surface area contributed by atoms with Crippen molar-refractivity contribution in [3.05, 3.63) is 0 Å². The van der Waals surface area contributed by atoms with Crippen LogP contribution >= 0.6 is 0 Å². The average molecular weight is 145 g/mol. The quantitative estimate of drug-likeness (QED) is 0.364. The fourth-order valence-electron chi connectivity index (χ4n) is 0.294. The molecule has 0 bridgehead atoms. The second-order valence-electron chi connectivity index (χ2n) is 2.44. The minimum absolute atomic E-state index is 0.0227. The van der Waals surface area contributed by atoms with Crippen molar-refractivity contribution in [3.63, 3.8) is 0 Å². The number of aliphatic hydroxyl groups is 1. The molecule has 0 aliphatic heterocycles. The maximum Gasteiger partial charge on any atom is 0.140 e. The molecule has 60 valence electrons. The molecule has 3 nitrogen and oxygen atoms in total. The van der Waals surface area contributed by atoms with Gasteiger partial charge in [-0.05, 0) is 12.8 Å². The van der Waals surface area contributed by atoms with E-state index in [0.717, 1.165) is 5.71 Å². The van der Waals surface area contributed by atoms with E-state index in [1.807, 2.05) is 20.8 Å². The number of hydrogen-bond acceptors (Lipinski definition) is 3. The summed E-state index contributed by atoms with van der Waals surface area (Å²) < 4.78 is 0. The summed E-state index contributed by atoms with van der Waals surface area (Å²) in [5.41, 5.74) is 0.952. The molecule has 0 aromatic rings. The molecule has 3 heteroatoms. The third-order valence-electron chi connectivity index (χ3n) is 1.23. The van der Waals surface area contributed by atoms with Crippen LogP contribution in [0.25, 0.3) is 0 Å². The van der Waals surface area contributed by atoms with Crippen molar-refractivity contribution in [2.75, 3.05) is 13.2 Å². The highest BCUT2D eigenvalue weighted by molar-refractivity contribution is 5.83. The predicted octanol–water partition coefficient (Wildman–Crippen LogP) is 1.03. The monoisotopic (exact) mass is 145 g/mol. The molecule has 0 saturated carbocycles. The number of aliphatic hydroxyl groups excluding tert-OH is 1. The van der Waals surface area contributed by atoms with Crippen LogP contribution in [0.2, 0.25) is 0 Å². The summed E-state index contributed by atoms with van der Waals surface area (Å²) in [4.78, 5) is 4.74. The number of rotatable bonds is 4. The molecule has 0 heterocycles. The molecule has 0 aromatic heterocycles. The second kappa shape index (κ2) is 5.23. The molecule has 0 amide bonds. The standard InChI is InChI=1S/C7H15NO2/c1-6(2)7(3)8-10-5-4-9/h6,9H,4-5H2,1-3H3. The Hall–Kier alpha value is -0.570. The summed E-state index contributed by atoms with van der Waals surface area (Å²) in [5, 5.41) is 12.1. The molecule has 0 aromatic carbocycles. The molecule has 10 heavy (non-hydrogen) atoms. The summed E-state index contributed by atoms with van der Waals surface area (Å²) >= 11 is 0. The van der Waals surface area contributed by atoms with E-state index in [-0.39, 0.29) is 13.2 Å². The zero-order valence-electron chi connectivity index (χ0n) is 6.79. The normalized spacial score (nSPS) is 12.3. The van der Waals surface area contributed by atoms with Crippen LogP contribution in [0.5, 0.6) is 0 Å². The van der Waals surface area contributed by atoms with Crippen LogP contribution in [0.15, 0.2) is 5.16 Å². The summed E-state index contributed by atoms with van der Waals surface area (Å²) in [6.07, 6.45) is 0. The molecule has 1 N–H and O–H groups in total. The van der Waals surface area contributed by atoms with Crippen molar-refractivity contribution in [2.45, 2.75) is 20.8 Å². The van der Waals surface area contributed by atoms with Crippen molar-refractivity contribution < 1.29 is 9.94 Å². The Labute approximate surface area is 61.7 Å². The lowest BCUT2D eigenvalue weighted by Gasteiger charge is -2.02. The molecule has 0 atom stereocenters. The van der Waals surface area contributed by atoms with Gasteiger partial charge in [0.05, 0.1) is 12.3 Å². The van der Waals surface area contributed by atoms with Crippen LogP contribution in [0.1, 0.15) is 20.8 Å². The maximum atomic E-state index is 8.32. The van der Waals surface area contributed by atoms with Gasteiger partial charge in [-0.15, -0.1) is 0 Å². The molecular weight excluding hydrogens is 130 g/mol. The topological polar surface area (TPSA) is 41.8 Å². The summed E-state index contributed by atoms with van der Waals surface area (Å²) in [5.74, 6) is 0.415. The van der Waals surface area contributed by atoms with E-state index in [1.165, 1.54) is 0 Å². The molecule has 0 aliphatic carbocycles. The first-order valence-corrected chi connectivity index (χ1v) is 3.45. The highest BCUT2D eigenvalue weighted by Crippen LogP contribution is 1.95. The van der Waals surface area contributed by atoms with Crippen LogP contribution in [0.3, 0.4) is 0 Å². The van der Waals surface area contributed by atoms with Crippen molar-refractivity contribution in [2.24, 2.45) is 11.1 Å². The Morgan fingerprint density at radius 1 is 1.60 bits per heavy atom. The lowest BCUT2D eigenvalue weighted by atomic mass is 10.1. The predicted molar refractivity (Wildman–Crippen MR) is 41.0 cm³/mol. The summed E-state index contributed by atoms with van der Waals surface area (Å²) in [6, 6.07) is 0. The van der Waals surface area contributed by atoms with Crippen molar-refractivity contribution in [1.82, 2.24) is 0 Å². The van der Waals surface area contributed by atoms with E-state index in [4.69, 9.17) is 9.94 Å². The SMILES string of the molecule is CC(=NOCCO)C(C)C. The fourth-order valence-corrected chi connectivity index (χ4v) is 0.294. The van der Waals surface area contributed by atoms with Gasteiger partial charge in [0.1, 0.15) is 6.61 Å². The fraction of sp³-hybridized carbons (Fsp3) is 0.857. The first-order chi connectivity index (χ1) is 4.68. The molecule has 0 unspecified atom stereocenters. The zero-order chi connectivity index (χ0) is 7.98. The molecule has 0 rings (SSSR count). The van der Waals surface area contributed by atoms with Crippen LogP contribution in [0.4, 0.5) is 0 Å². The number of oxime groups is 1. The molecule has 0 fully saturated rings. The Bertz CT molecular complexity index is 110. The van der Waals surface area contributed by atoms with Gasteiger partial charge < -0.3 is 9.94 Å². The van der Waals surface area contributed by atoms with Crippen LogP contribution in [-0.2, 0) is 4.84 Å².